The fourth-order valence-electron chi connectivity index (χ4n) is 0.643. The number of carboxylic acids is 1. The Morgan fingerprint density at radius 2 is 1.62 bits per heavy atom. The van der Waals surface area contributed by atoms with E-state index >= 15 is 0 Å². The van der Waals surface area contributed by atoms with Crippen LogP contribution in [0.1, 0.15) is 0 Å². The van der Waals surface area contributed by atoms with E-state index in [2.05, 4.69) is 0 Å². The lowest BCUT2D eigenvalue weighted by atomic mass is 10.0. The van der Waals surface area contributed by atoms with E-state index < -0.39 is 37.9 Å². The number of nitrogens with two attached hydrogens (primary N) is 1. The summed E-state index contributed by atoms with van der Waals surface area (Å²) >= 11 is 0. The molecule has 0 bridgehead atoms. The molecule has 0 fully saturated rings. The van der Waals surface area contributed by atoms with Crippen molar-refractivity contribution >= 4 is 18.4 Å². The largest absolute Gasteiger partial charge is 0.544 e. The molecule has 6 nitrogen and oxygen atoms in total. The Labute approximate surface area is 81.6 Å². The smallest absolute Gasteiger partial charge is 0.166 e. The fourth-order valence-corrected chi connectivity index (χ4v) is 0.643. The third kappa shape index (κ3) is 5.02. The number of rotatable bonds is 6. The first-order valence-electron chi connectivity index (χ1n) is 3.47. The summed E-state index contributed by atoms with van der Waals surface area (Å²) in [5, 5.41) is 37.3. The molecule has 0 aromatic carbocycles. The number of carboxylic acid groups (broad SMARTS) is 1. The standard InChI is InChI=1S/C6H13NO5.ClH/c8-2-6(3-9,4-10)7-1-5(11)12;/h7-10H,1-4H2,(H,11,12);1H. The van der Waals surface area contributed by atoms with Gasteiger partial charge in [-0.3, -0.25) is 0 Å². The Bertz CT molecular complexity index is 142. The summed E-state index contributed by atoms with van der Waals surface area (Å²) in [6, 6.07) is 0. The molecule has 0 atom stereocenters. The minimum atomic E-state index is -1.31. The van der Waals surface area contributed by atoms with Crippen LogP contribution in [0.15, 0.2) is 0 Å². The Morgan fingerprint density at radius 3 is 1.85 bits per heavy atom. The van der Waals surface area contributed by atoms with Gasteiger partial charge in [0.15, 0.2) is 5.54 Å². The molecule has 0 unspecified atom stereocenters. The van der Waals surface area contributed by atoms with Crippen LogP contribution in [0, 0.1) is 0 Å². The topological polar surface area (TPSA) is 117 Å². The van der Waals surface area contributed by atoms with Gasteiger partial charge in [-0.05, 0) is 0 Å². The molecule has 0 heterocycles. The minimum Gasteiger partial charge on any atom is -0.544 e. The third-order valence-electron chi connectivity index (χ3n) is 1.65. The summed E-state index contributed by atoms with van der Waals surface area (Å²) in [4.78, 5) is 10.0. The van der Waals surface area contributed by atoms with Gasteiger partial charge < -0.3 is 30.5 Å². The second-order valence-electron chi connectivity index (χ2n) is 2.62. The third-order valence-corrected chi connectivity index (χ3v) is 1.65. The van der Waals surface area contributed by atoms with Crippen molar-refractivity contribution in [3.05, 3.63) is 0 Å². The van der Waals surface area contributed by atoms with E-state index in [1.165, 1.54) is 0 Å². The first kappa shape index (κ1) is 15.1. The molecule has 0 aliphatic carbocycles. The fraction of sp³-hybridized carbons (Fsp3) is 0.833. The van der Waals surface area contributed by atoms with Gasteiger partial charge in [-0.2, -0.15) is 0 Å². The van der Waals surface area contributed by atoms with Crippen LogP contribution in [-0.4, -0.2) is 53.2 Å². The second kappa shape index (κ2) is 7.05. The highest BCUT2D eigenvalue weighted by atomic mass is 35.5. The van der Waals surface area contributed by atoms with Crippen LogP contribution in [0.4, 0.5) is 0 Å². The van der Waals surface area contributed by atoms with Gasteiger partial charge in [0.05, 0.1) is 5.97 Å². The minimum absolute atomic E-state index is 0. The number of carbonyl (C=O) groups excluding carboxylic acids is 1. The van der Waals surface area contributed by atoms with Gasteiger partial charge >= 0.3 is 0 Å². The van der Waals surface area contributed by atoms with E-state index in [0.29, 0.717) is 0 Å². The summed E-state index contributed by atoms with van der Waals surface area (Å²) in [6.45, 7) is -1.88. The van der Waals surface area contributed by atoms with Crippen molar-refractivity contribution in [1.29, 1.82) is 0 Å². The highest BCUT2D eigenvalue weighted by molar-refractivity contribution is 5.85. The molecule has 0 saturated carbocycles. The van der Waals surface area contributed by atoms with Crippen LogP contribution in [0.25, 0.3) is 0 Å². The molecule has 80 valence electrons. The Kier molecular flexibility index (Phi) is 8.18. The molecule has 5 N–H and O–H groups in total. The van der Waals surface area contributed by atoms with Crippen LogP contribution in [0.3, 0.4) is 0 Å². The maximum atomic E-state index is 10.0. The predicted molar refractivity (Wildman–Crippen MR) is 43.0 cm³/mol. The lowest BCUT2D eigenvalue weighted by Crippen LogP contribution is -3.01. The second-order valence-corrected chi connectivity index (χ2v) is 2.62. The number of quaternary nitrogens is 1. The highest BCUT2D eigenvalue weighted by Crippen LogP contribution is 1.92. The van der Waals surface area contributed by atoms with Gasteiger partial charge in [-0.1, -0.05) is 0 Å². The van der Waals surface area contributed by atoms with Crippen LogP contribution in [0.2, 0.25) is 0 Å². The summed E-state index contributed by atoms with van der Waals surface area (Å²) < 4.78 is 0. The first-order chi connectivity index (χ1) is 5.60. The molecule has 0 aliphatic heterocycles. The number of hydrogen-bond acceptors (Lipinski definition) is 5. The van der Waals surface area contributed by atoms with Crippen LogP contribution in [0.5, 0.6) is 0 Å². The molecule has 0 aromatic rings. The molecule has 0 amide bonds. The van der Waals surface area contributed by atoms with Crippen molar-refractivity contribution in [1.82, 2.24) is 0 Å². The zero-order valence-electron chi connectivity index (χ0n) is 6.97. The van der Waals surface area contributed by atoms with E-state index in [1.807, 2.05) is 0 Å². The molecule has 0 aliphatic rings. The number of aliphatic hydroxyl groups is 3. The average Bonchev–Trinajstić information content (AvgIpc) is 2.08. The van der Waals surface area contributed by atoms with Gasteiger partial charge in [0.2, 0.25) is 0 Å². The number of carbonyl (C=O) groups is 1. The monoisotopic (exact) mass is 215 g/mol. The lowest BCUT2D eigenvalue weighted by molar-refractivity contribution is -0.728. The van der Waals surface area contributed by atoms with E-state index in [0.717, 1.165) is 5.32 Å². The number of aliphatic carboxylic acids is 1. The maximum Gasteiger partial charge on any atom is 0.166 e. The van der Waals surface area contributed by atoms with E-state index in [9.17, 15) is 9.90 Å². The van der Waals surface area contributed by atoms with E-state index in [-0.39, 0.29) is 12.4 Å². The van der Waals surface area contributed by atoms with Crippen molar-refractivity contribution in [2.45, 2.75) is 5.54 Å². The Hall–Kier alpha value is -0.400. The van der Waals surface area contributed by atoms with Gasteiger partial charge in [0.1, 0.15) is 26.4 Å². The molecule has 0 spiro atoms. The molecular weight excluding hydrogens is 202 g/mol. The molecule has 0 aromatic heterocycles. The quantitative estimate of drug-likeness (QED) is 0.356. The van der Waals surface area contributed by atoms with Crippen LogP contribution >= 0.6 is 12.4 Å². The zero-order valence-corrected chi connectivity index (χ0v) is 7.79. The maximum absolute atomic E-state index is 10.0. The molecule has 0 saturated heterocycles. The van der Waals surface area contributed by atoms with Crippen LogP contribution < -0.4 is 10.4 Å². The van der Waals surface area contributed by atoms with E-state index in [1.54, 1.807) is 0 Å². The molecular formula is C6H14ClNO5. The van der Waals surface area contributed by atoms with Gasteiger partial charge in [0.25, 0.3) is 0 Å². The Morgan fingerprint density at radius 1 is 1.23 bits per heavy atom. The SMILES string of the molecule is Cl.O=C([O-])C[NH2+]C(CO)(CO)CO. The van der Waals surface area contributed by atoms with Crippen molar-refractivity contribution in [3.8, 4) is 0 Å². The van der Waals surface area contributed by atoms with Crippen LogP contribution in [-0.2, 0) is 4.79 Å². The molecule has 7 heteroatoms. The molecule has 13 heavy (non-hydrogen) atoms. The molecule has 0 rings (SSSR count). The van der Waals surface area contributed by atoms with E-state index in [4.69, 9.17) is 15.3 Å². The van der Waals surface area contributed by atoms with Crippen molar-refractivity contribution in [2.75, 3.05) is 26.4 Å². The Balaban J connectivity index is 0. The van der Waals surface area contributed by atoms with Gasteiger partial charge in [0, 0.05) is 0 Å². The zero-order chi connectivity index (χ0) is 9.61. The number of halogens is 1. The van der Waals surface area contributed by atoms with Gasteiger partial charge in [-0.25, -0.2) is 0 Å². The summed E-state index contributed by atoms with van der Waals surface area (Å²) in [6.07, 6.45) is 0. The van der Waals surface area contributed by atoms with Crippen molar-refractivity contribution in [2.24, 2.45) is 0 Å². The first-order valence-corrected chi connectivity index (χ1v) is 3.47. The van der Waals surface area contributed by atoms with Crippen molar-refractivity contribution in [3.63, 3.8) is 0 Å². The summed E-state index contributed by atoms with van der Waals surface area (Å²) in [5.74, 6) is -1.31. The van der Waals surface area contributed by atoms with Gasteiger partial charge in [-0.15, -0.1) is 12.4 Å². The highest BCUT2D eigenvalue weighted by Gasteiger charge is 2.31. The predicted octanol–water partition coefficient (Wildman–Crippen LogP) is -4.56. The number of aliphatic hydroxyl groups excluding tert-OH is 3. The molecule has 0 radical (unpaired) electrons. The van der Waals surface area contributed by atoms with Crippen molar-refractivity contribution < 1.29 is 30.5 Å². The summed E-state index contributed by atoms with van der Waals surface area (Å²) in [5.41, 5.74) is -1.22. The average molecular weight is 216 g/mol. The summed E-state index contributed by atoms with van der Waals surface area (Å²) in [7, 11) is 0. The lowest BCUT2D eigenvalue weighted by Gasteiger charge is -2.25. The number of hydrogen-bond donors (Lipinski definition) is 4. The normalized spacial score (nSPS) is 10.7.